The molecule has 0 aliphatic rings. The average Bonchev–Trinajstić information content (AvgIpc) is 3.71. The number of nitrogens with zero attached hydrogens (tertiary/aromatic N) is 5. The summed E-state index contributed by atoms with van der Waals surface area (Å²) in [6, 6.07) is 51.5. The number of para-hydroxylation sites is 4. The summed E-state index contributed by atoms with van der Waals surface area (Å²) >= 11 is 0. The van der Waals surface area contributed by atoms with Gasteiger partial charge in [0.05, 0.1) is 33.1 Å². The van der Waals surface area contributed by atoms with Crippen LogP contribution in [0.4, 0.5) is 0 Å². The largest absolute Gasteiger partial charge is 0.278 e. The Morgan fingerprint density at radius 2 is 1.12 bits per heavy atom. The zero-order chi connectivity index (χ0) is 31.3. The lowest BCUT2D eigenvalue weighted by atomic mass is 9.95. The molecule has 11 rings (SSSR count). The minimum absolute atomic E-state index is 0.820. The minimum atomic E-state index is 0.820. The summed E-state index contributed by atoms with van der Waals surface area (Å²) < 4.78 is 4.57. The van der Waals surface area contributed by atoms with Gasteiger partial charge < -0.3 is 0 Å². The first-order chi connectivity index (χ1) is 23.8. The van der Waals surface area contributed by atoms with Crippen molar-refractivity contribution in [2.45, 2.75) is 0 Å². The van der Waals surface area contributed by atoms with Crippen molar-refractivity contribution in [2.24, 2.45) is 0 Å². The fourth-order valence-corrected chi connectivity index (χ4v) is 7.77. The maximum atomic E-state index is 5.39. The summed E-state index contributed by atoms with van der Waals surface area (Å²) in [5, 5.41) is 9.21. The second-order valence-corrected chi connectivity index (χ2v) is 12.5. The number of fused-ring (bicyclic) bond motifs is 13. The van der Waals surface area contributed by atoms with Crippen LogP contribution in [0.2, 0.25) is 0 Å². The van der Waals surface area contributed by atoms with E-state index < -0.39 is 0 Å². The van der Waals surface area contributed by atoms with E-state index in [2.05, 4.69) is 142 Å². The minimum Gasteiger partial charge on any atom is -0.278 e. The normalized spacial score (nSPS) is 12.2. The van der Waals surface area contributed by atoms with Crippen LogP contribution in [0.5, 0.6) is 0 Å². The molecule has 0 saturated carbocycles. The van der Waals surface area contributed by atoms with Gasteiger partial charge in [-0.1, -0.05) is 103 Å². The predicted octanol–water partition coefficient (Wildman–Crippen LogP) is 10.7. The number of hydrogen-bond donors (Lipinski definition) is 0. The van der Waals surface area contributed by atoms with Crippen LogP contribution in [0.3, 0.4) is 0 Å². The number of rotatable bonds is 2. The second-order valence-electron chi connectivity index (χ2n) is 12.5. The van der Waals surface area contributed by atoms with E-state index in [9.17, 15) is 0 Å². The molecule has 0 N–H and O–H groups in total. The molecule has 5 nitrogen and oxygen atoms in total. The van der Waals surface area contributed by atoms with Gasteiger partial charge >= 0.3 is 0 Å². The van der Waals surface area contributed by atoms with E-state index in [0.29, 0.717) is 0 Å². The van der Waals surface area contributed by atoms with Gasteiger partial charge in [-0.2, -0.15) is 0 Å². The fraction of sp³-hybridized carbons (Fsp3) is 0. The lowest BCUT2D eigenvalue weighted by Crippen LogP contribution is -2.06. The van der Waals surface area contributed by atoms with E-state index in [1.54, 1.807) is 0 Å². The average molecular weight is 612 g/mol. The fourth-order valence-electron chi connectivity index (χ4n) is 7.77. The number of benzene rings is 7. The van der Waals surface area contributed by atoms with Gasteiger partial charge in [-0.05, 0) is 58.8 Å². The van der Waals surface area contributed by atoms with Gasteiger partial charge in [0, 0.05) is 44.1 Å². The molecule has 0 unspecified atom stereocenters. The summed E-state index contributed by atoms with van der Waals surface area (Å²) in [6.45, 7) is 0. The Hall–Kier alpha value is -6.59. The van der Waals surface area contributed by atoms with Crippen molar-refractivity contribution < 1.29 is 0 Å². The topological polar surface area (TPSA) is 48.0 Å². The number of imidazole rings is 1. The van der Waals surface area contributed by atoms with Crippen LogP contribution < -0.4 is 0 Å². The van der Waals surface area contributed by atoms with Gasteiger partial charge in [-0.15, -0.1) is 0 Å². The van der Waals surface area contributed by atoms with Gasteiger partial charge in [0.25, 0.3) is 0 Å². The molecule has 222 valence electrons. The van der Waals surface area contributed by atoms with E-state index in [1.165, 1.54) is 26.9 Å². The van der Waals surface area contributed by atoms with Crippen LogP contribution in [-0.2, 0) is 0 Å². The quantitative estimate of drug-likeness (QED) is 0.183. The van der Waals surface area contributed by atoms with E-state index in [-0.39, 0.29) is 0 Å². The predicted molar refractivity (Wildman–Crippen MR) is 198 cm³/mol. The van der Waals surface area contributed by atoms with Gasteiger partial charge in [0.2, 0.25) is 5.95 Å². The third kappa shape index (κ3) is 3.42. The highest BCUT2D eigenvalue weighted by Crippen LogP contribution is 2.42. The molecule has 0 bridgehead atoms. The monoisotopic (exact) mass is 611 g/mol. The first-order valence-electron chi connectivity index (χ1n) is 16.2. The Bertz CT molecular complexity index is 3130. The third-order valence-corrected chi connectivity index (χ3v) is 9.89. The van der Waals surface area contributed by atoms with Crippen LogP contribution in [0.1, 0.15) is 0 Å². The van der Waals surface area contributed by atoms with Gasteiger partial charge in [-0.3, -0.25) is 14.0 Å². The Labute approximate surface area is 274 Å². The van der Waals surface area contributed by atoms with Gasteiger partial charge in [0.15, 0.2) is 0 Å². The van der Waals surface area contributed by atoms with Crippen molar-refractivity contribution >= 4 is 81.8 Å². The summed E-state index contributed by atoms with van der Waals surface area (Å²) in [4.78, 5) is 15.6. The van der Waals surface area contributed by atoms with Gasteiger partial charge in [0.1, 0.15) is 5.65 Å². The highest BCUT2D eigenvalue weighted by Gasteiger charge is 2.22. The summed E-state index contributed by atoms with van der Waals surface area (Å²) in [5.41, 5.74) is 9.29. The maximum Gasteiger partial charge on any atom is 0.221 e. The van der Waals surface area contributed by atoms with Crippen molar-refractivity contribution in [2.75, 3.05) is 0 Å². The number of pyridine rings is 1. The molecule has 4 aromatic heterocycles. The highest BCUT2D eigenvalue weighted by molar-refractivity contribution is 6.22. The first-order valence-corrected chi connectivity index (χ1v) is 16.2. The van der Waals surface area contributed by atoms with Crippen molar-refractivity contribution in [3.05, 3.63) is 152 Å². The SMILES string of the molecule is c1ccc2c(c1)ccc1cc(-c3cc4c5ccccc5n(-c5nc6ccccc6c6nc7ccccc7n56)c4c4ccccc34)cnc12. The molecule has 0 aliphatic carbocycles. The smallest absolute Gasteiger partial charge is 0.221 e. The maximum absolute atomic E-state index is 5.39. The van der Waals surface area contributed by atoms with E-state index in [0.717, 1.165) is 72.0 Å². The molecule has 48 heavy (non-hydrogen) atoms. The Kier molecular flexibility index (Phi) is 5.05. The van der Waals surface area contributed by atoms with Crippen molar-refractivity contribution in [3.63, 3.8) is 0 Å². The molecule has 11 aromatic rings. The Balaban J connectivity index is 1.28. The lowest BCUT2D eigenvalue weighted by molar-refractivity contribution is 0.982. The molecule has 4 heterocycles. The third-order valence-electron chi connectivity index (χ3n) is 9.89. The summed E-state index contributed by atoms with van der Waals surface area (Å²) in [6.07, 6.45) is 2.04. The van der Waals surface area contributed by atoms with Crippen molar-refractivity contribution in [1.82, 2.24) is 23.9 Å². The van der Waals surface area contributed by atoms with Crippen LogP contribution in [-0.4, -0.2) is 23.9 Å². The molecular formula is C43H25N5. The van der Waals surface area contributed by atoms with E-state index >= 15 is 0 Å². The van der Waals surface area contributed by atoms with Crippen LogP contribution >= 0.6 is 0 Å². The molecule has 0 saturated heterocycles. The number of hydrogen-bond acceptors (Lipinski definition) is 3. The van der Waals surface area contributed by atoms with Crippen LogP contribution in [0.15, 0.2) is 152 Å². The zero-order valence-corrected chi connectivity index (χ0v) is 25.7. The van der Waals surface area contributed by atoms with Crippen molar-refractivity contribution in [1.29, 1.82) is 0 Å². The van der Waals surface area contributed by atoms with Gasteiger partial charge in [-0.25, -0.2) is 9.97 Å². The summed E-state index contributed by atoms with van der Waals surface area (Å²) in [5.74, 6) is 0.820. The molecule has 7 aromatic carbocycles. The summed E-state index contributed by atoms with van der Waals surface area (Å²) in [7, 11) is 0. The standard InChI is InChI=1S/C43H25N5/c1-2-12-29-26(11-1)21-22-27-23-28(25-44-40(27)29)34-24-35-31-14-6-9-19-38(31)47(41(35)32-15-4-3-13-30(32)34)43-46-36-17-7-5-16-33(36)42-45-37-18-8-10-20-39(37)48(42)43/h1-25H. The second kappa shape index (κ2) is 9.47. The van der Waals surface area contributed by atoms with Crippen molar-refractivity contribution in [3.8, 4) is 17.1 Å². The first kappa shape index (κ1) is 25.6. The molecule has 0 amide bonds. The van der Waals surface area contributed by atoms with E-state index in [1.807, 2.05) is 18.3 Å². The van der Waals surface area contributed by atoms with Crippen LogP contribution in [0, 0.1) is 0 Å². The molecule has 0 spiro atoms. The molecular weight excluding hydrogens is 587 g/mol. The molecule has 0 radical (unpaired) electrons. The van der Waals surface area contributed by atoms with Crippen LogP contribution in [0.25, 0.3) is 98.9 Å². The number of aromatic nitrogens is 5. The Morgan fingerprint density at radius 3 is 2.00 bits per heavy atom. The molecule has 5 heteroatoms. The molecule has 0 atom stereocenters. The zero-order valence-electron chi connectivity index (χ0n) is 25.7. The molecule has 0 fully saturated rings. The lowest BCUT2D eigenvalue weighted by Gasteiger charge is -2.15. The highest BCUT2D eigenvalue weighted by atomic mass is 15.2. The van der Waals surface area contributed by atoms with E-state index in [4.69, 9.17) is 15.0 Å². The Morgan fingerprint density at radius 1 is 0.458 bits per heavy atom. The molecule has 0 aliphatic heterocycles.